The van der Waals surface area contributed by atoms with Gasteiger partial charge in [-0.15, -0.1) is 0 Å². The van der Waals surface area contributed by atoms with Gasteiger partial charge in [0.1, 0.15) is 0 Å². The Kier molecular flexibility index (Phi) is 14.3. The number of unbranched alkanes of at least 4 members (excludes halogenated alkanes) is 6. The summed E-state index contributed by atoms with van der Waals surface area (Å²) in [6.45, 7) is 12.7. The summed E-state index contributed by atoms with van der Waals surface area (Å²) in [5.74, 6) is -0.419. The van der Waals surface area contributed by atoms with E-state index in [1.165, 1.54) is 38.5 Å². The minimum Gasteiger partial charge on any atom is -0.465 e. The lowest BCUT2D eigenvalue weighted by molar-refractivity contribution is -0.157. The van der Waals surface area contributed by atoms with Crippen LogP contribution in [0.4, 0.5) is 0 Å². The molecule has 0 aromatic heterocycles. The second kappa shape index (κ2) is 14.9. The van der Waals surface area contributed by atoms with Crippen LogP contribution in [0.25, 0.3) is 0 Å². The molecule has 2 unspecified atom stereocenters. The van der Waals surface area contributed by atoms with Crippen molar-refractivity contribution in [2.45, 2.75) is 106 Å². The molecule has 0 fully saturated rings. The molecule has 4 heteroatoms. The van der Waals surface area contributed by atoms with Gasteiger partial charge in [0, 0.05) is 5.41 Å². The zero-order chi connectivity index (χ0) is 20.7. The van der Waals surface area contributed by atoms with Gasteiger partial charge in [-0.05, 0) is 12.8 Å². The van der Waals surface area contributed by atoms with E-state index in [4.69, 9.17) is 9.47 Å². The molecule has 0 spiro atoms. The van der Waals surface area contributed by atoms with Gasteiger partial charge in [-0.1, -0.05) is 92.9 Å². The first-order chi connectivity index (χ1) is 12.7. The largest absolute Gasteiger partial charge is 0.465 e. The molecular weight excluding hydrogens is 340 g/mol. The smallest absolute Gasteiger partial charge is 0.308 e. The predicted octanol–water partition coefficient (Wildman–Crippen LogP) is 6.31. The van der Waals surface area contributed by atoms with Crippen molar-refractivity contribution in [3.05, 3.63) is 0 Å². The van der Waals surface area contributed by atoms with E-state index in [0.29, 0.717) is 0 Å². The molecule has 160 valence electrons. The van der Waals surface area contributed by atoms with Crippen LogP contribution >= 0.6 is 0 Å². The normalized spacial score (nSPS) is 13.9. The molecule has 27 heavy (non-hydrogen) atoms. The summed E-state index contributed by atoms with van der Waals surface area (Å²) in [7, 11) is 0. The molecule has 0 aromatic rings. The highest BCUT2D eigenvalue weighted by atomic mass is 16.5. The highest BCUT2D eigenvalue weighted by Gasteiger charge is 2.25. The van der Waals surface area contributed by atoms with E-state index in [0.717, 1.165) is 25.7 Å². The van der Waals surface area contributed by atoms with Crippen molar-refractivity contribution in [3.63, 3.8) is 0 Å². The maximum Gasteiger partial charge on any atom is 0.308 e. The lowest BCUT2D eigenvalue weighted by Gasteiger charge is -2.25. The summed E-state index contributed by atoms with van der Waals surface area (Å²) >= 11 is 0. The first-order valence-electron chi connectivity index (χ1n) is 11.1. The number of hydrogen-bond donors (Lipinski definition) is 0. The minimum atomic E-state index is -0.366. The van der Waals surface area contributed by atoms with Gasteiger partial charge in [0.2, 0.25) is 0 Å². The average Bonchev–Trinajstić information content (AvgIpc) is 2.64. The molecule has 0 aromatic carbocycles. The second-order valence-electron chi connectivity index (χ2n) is 8.88. The first-order valence-corrected chi connectivity index (χ1v) is 11.1. The van der Waals surface area contributed by atoms with E-state index < -0.39 is 0 Å². The van der Waals surface area contributed by atoms with E-state index in [1.54, 1.807) is 0 Å². The van der Waals surface area contributed by atoms with Gasteiger partial charge in [-0.3, -0.25) is 9.59 Å². The van der Waals surface area contributed by atoms with Gasteiger partial charge in [-0.2, -0.15) is 0 Å². The maximum absolute atomic E-state index is 12.1. The van der Waals surface area contributed by atoms with Crippen molar-refractivity contribution in [3.8, 4) is 0 Å². The fourth-order valence-electron chi connectivity index (χ4n) is 2.85. The number of ether oxygens (including phenoxy) is 2. The van der Waals surface area contributed by atoms with Gasteiger partial charge in [-0.25, -0.2) is 0 Å². The molecule has 0 aliphatic heterocycles. The summed E-state index contributed by atoms with van der Waals surface area (Å²) in [5.41, 5.74) is -0.366. The molecule has 0 heterocycles. The first kappa shape index (κ1) is 25.9. The highest BCUT2D eigenvalue weighted by molar-refractivity contribution is 5.72. The van der Waals surface area contributed by atoms with E-state index in [-0.39, 0.29) is 42.4 Å². The Balaban J connectivity index is 4.06. The van der Waals surface area contributed by atoms with Gasteiger partial charge >= 0.3 is 11.9 Å². The van der Waals surface area contributed by atoms with Gasteiger partial charge in [0.25, 0.3) is 0 Å². The Morgan fingerprint density at radius 1 is 0.704 bits per heavy atom. The molecule has 0 aliphatic rings. The van der Waals surface area contributed by atoms with Crippen molar-refractivity contribution in [1.29, 1.82) is 0 Å². The van der Waals surface area contributed by atoms with Gasteiger partial charge < -0.3 is 9.47 Å². The van der Waals surface area contributed by atoms with Gasteiger partial charge in [0.05, 0.1) is 25.0 Å². The lowest BCUT2D eigenvalue weighted by Crippen LogP contribution is -2.31. The lowest BCUT2D eigenvalue weighted by atomic mass is 9.96. The average molecular weight is 385 g/mol. The Morgan fingerprint density at radius 2 is 1.07 bits per heavy atom. The number of esters is 2. The predicted molar refractivity (Wildman–Crippen MR) is 112 cm³/mol. The van der Waals surface area contributed by atoms with Crippen molar-refractivity contribution >= 4 is 11.9 Å². The summed E-state index contributed by atoms with van der Waals surface area (Å²) in [5, 5.41) is 0. The van der Waals surface area contributed by atoms with Crippen LogP contribution in [-0.4, -0.2) is 25.2 Å². The molecule has 0 saturated carbocycles. The summed E-state index contributed by atoms with van der Waals surface area (Å²) in [6, 6.07) is 0. The van der Waals surface area contributed by atoms with Crippen LogP contribution in [0, 0.1) is 17.3 Å². The Bertz CT molecular complexity index is 367. The van der Waals surface area contributed by atoms with Crippen molar-refractivity contribution in [1.82, 2.24) is 0 Å². The molecule has 0 radical (unpaired) electrons. The van der Waals surface area contributed by atoms with E-state index in [2.05, 4.69) is 13.8 Å². The zero-order valence-electron chi connectivity index (χ0n) is 18.8. The van der Waals surface area contributed by atoms with Crippen LogP contribution < -0.4 is 0 Å². The Hall–Kier alpha value is -1.06. The molecule has 2 atom stereocenters. The Morgan fingerprint density at radius 3 is 1.41 bits per heavy atom. The van der Waals surface area contributed by atoms with Crippen molar-refractivity contribution in [2.24, 2.45) is 17.3 Å². The standard InChI is InChI=1S/C23H44O4/c1-7-9-11-13-15-19(3)21(24)26-17-23(5,6)18-27-22(25)20(4)16-14-12-10-8-2/h19-20H,7-18H2,1-6H3. The van der Waals surface area contributed by atoms with E-state index in [1.807, 2.05) is 27.7 Å². The topological polar surface area (TPSA) is 52.6 Å². The van der Waals surface area contributed by atoms with Crippen LogP contribution in [0.5, 0.6) is 0 Å². The number of carbonyl (C=O) groups is 2. The fraction of sp³-hybridized carbons (Fsp3) is 0.913. The highest BCUT2D eigenvalue weighted by Crippen LogP contribution is 2.20. The maximum atomic E-state index is 12.1. The second-order valence-corrected chi connectivity index (χ2v) is 8.88. The molecule has 0 aliphatic carbocycles. The zero-order valence-corrected chi connectivity index (χ0v) is 18.8. The fourth-order valence-corrected chi connectivity index (χ4v) is 2.85. The monoisotopic (exact) mass is 384 g/mol. The number of carbonyl (C=O) groups excluding carboxylic acids is 2. The molecule has 0 bridgehead atoms. The van der Waals surface area contributed by atoms with Crippen LogP contribution in [0.15, 0.2) is 0 Å². The summed E-state index contributed by atoms with van der Waals surface area (Å²) < 4.78 is 11.0. The SMILES string of the molecule is CCCCCCC(C)C(=O)OCC(C)(C)COC(=O)C(C)CCCCCC. The van der Waals surface area contributed by atoms with Crippen LogP contribution in [0.1, 0.15) is 106 Å². The van der Waals surface area contributed by atoms with Crippen LogP contribution in [-0.2, 0) is 19.1 Å². The van der Waals surface area contributed by atoms with E-state index in [9.17, 15) is 9.59 Å². The number of hydrogen-bond acceptors (Lipinski definition) is 4. The third kappa shape index (κ3) is 13.7. The van der Waals surface area contributed by atoms with Gasteiger partial charge in [0.15, 0.2) is 0 Å². The van der Waals surface area contributed by atoms with Crippen LogP contribution in [0.2, 0.25) is 0 Å². The quantitative estimate of drug-likeness (QED) is 0.231. The van der Waals surface area contributed by atoms with Crippen molar-refractivity contribution in [2.75, 3.05) is 13.2 Å². The third-order valence-corrected chi connectivity index (χ3v) is 5.00. The molecule has 0 saturated heterocycles. The third-order valence-electron chi connectivity index (χ3n) is 5.00. The number of rotatable bonds is 16. The van der Waals surface area contributed by atoms with Crippen LogP contribution in [0.3, 0.4) is 0 Å². The molecule has 0 rings (SSSR count). The summed E-state index contributed by atoms with van der Waals surface area (Å²) in [6.07, 6.45) is 11.1. The van der Waals surface area contributed by atoms with E-state index >= 15 is 0 Å². The minimum absolute atomic E-state index is 0.0663. The Labute approximate surface area is 167 Å². The molecule has 0 N–H and O–H groups in total. The molecule has 0 amide bonds. The molecular formula is C23H44O4. The van der Waals surface area contributed by atoms with Crippen molar-refractivity contribution < 1.29 is 19.1 Å². The summed E-state index contributed by atoms with van der Waals surface area (Å²) in [4.78, 5) is 24.3. The molecule has 4 nitrogen and oxygen atoms in total.